The predicted octanol–water partition coefficient (Wildman–Crippen LogP) is 2.61. The second-order valence-electron chi connectivity index (χ2n) is 4.71. The van der Waals surface area contributed by atoms with E-state index < -0.39 is 5.82 Å². The zero-order valence-electron chi connectivity index (χ0n) is 10.9. The van der Waals surface area contributed by atoms with Crippen molar-refractivity contribution in [2.24, 2.45) is 0 Å². The second kappa shape index (κ2) is 5.22. The van der Waals surface area contributed by atoms with E-state index in [1.165, 1.54) is 12.1 Å². The molecule has 0 aliphatic heterocycles. The molecule has 0 unspecified atom stereocenters. The SMILES string of the molecule is CC(C)n1ccc(CC(=O)c2cc(F)ccc2N)n1. The molecule has 2 aromatic rings. The van der Waals surface area contributed by atoms with Gasteiger partial charge in [0, 0.05) is 23.5 Å². The first-order chi connectivity index (χ1) is 8.97. The van der Waals surface area contributed by atoms with Crippen LogP contribution in [-0.2, 0) is 6.42 Å². The van der Waals surface area contributed by atoms with E-state index in [0.717, 1.165) is 6.07 Å². The van der Waals surface area contributed by atoms with Crippen molar-refractivity contribution in [1.82, 2.24) is 9.78 Å². The average molecular weight is 261 g/mol. The highest BCUT2D eigenvalue weighted by Gasteiger charge is 2.13. The first-order valence-electron chi connectivity index (χ1n) is 6.09. The Bertz CT molecular complexity index is 604. The maximum absolute atomic E-state index is 13.1. The number of halogens is 1. The third kappa shape index (κ3) is 2.99. The molecule has 0 fully saturated rings. The summed E-state index contributed by atoms with van der Waals surface area (Å²) >= 11 is 0. The summed E-state index contributed by atoms with van der Waals surface area (Å²) in [6.07, 6.45) is 1.94. The van der Waals surface area contributed by atoms with Crippen molar-refractivity contribution in [1.29, 1.82) is 0 Å². The van der Waals surface area contributed by atoms with Crippen LogP contribution in [0.4, 0.5) is 10.1 Å². The van der Waals surface area contributed by atoms with E-state index in [1.807, 2.05) is 20.0 Å². The van der Waals surface area contributed by atoms with Crippen LogP contribution in [0.5, 0.6) is 0 Å². The molecule has 1 heterocycles. The van der Waals surface area contributed by atoms with Crippen molar-refractivity contribution < 1.29 is 9.18 Å². The molecule has 0 aliphatic rings. The van der Waals surface area contributed by atoms with Gasteiger partial charge in [0.1, 0.15) is 5.82 Å². The number of nitrogens with zero attached hydrogens (tertiary/aromatic N) is 2. The fourth-order valence-electron chi connectivity index (χ4n) is 1.79. The summed E-state index contributed by atoms with van der Waals surface area (Å²) in [6.45, 7) is 4.01. The predicted molar refractivity (Wildman–Crippen MR) is 71.5 cm³/mol. The summed E-state index contributed by atoms with van der Waals surface area (Å²) in [6, 6.07) is 5.82. The highest BCUT2D eigenvalue weighted by molar-refractivity contribution is 6.01. The Labute approximate surface area is 111 Å². The van der Waals surface area contributed by atoms with Crippen LogP contribution in [0, 0.1) is 5.82 Å². The van der Waals surface area contributed by atoms with Gasteiger partial charge in [0.15, 0.2) is 5.78 Å². The number of anilines is 1. The van der Waals surface area contributed by atoms with Gasteiger partial charge < -0.3 is 5.73 Å². The highest BCUT2D eigenvalue weighted by atomic mass is 19.1. The lowest BCUT2D eigenvalue weighted by atomic mass is 10.0. The zero-order chi connectivity index (χ0) is 14.0. The maximum Gasteiger partial charge on any atom is 0.171 e. The van der Waals surface area contributed by atoms with Gasteiger partial charge in [-0.1, -0.05) is 0 Å². The number of ketones is 1. The van der Waals surface area contributed by atoms with E-state index in [1.54, 1.807) is 10.7 Å². The van der Waals surface area contributed by atoms with E-state index in [9.17, 15) is 9.18 Å². The van der Waals surface area contributed by atoms with Crippen LogP contribution in [0.1, 0.15) is 35.9 Å². The molecule has 0 radical (unpaired) electrons. The van der Waals surface area contributed by atoms with Crippen molar-refractivity contribution >= 4 is 11.5 Å². The number of Topliss-reactive ketones (excluding diaryl/α,β-unsaturated/α-hetero) is 1. The van der Waals surface area contributed by atoms with E-state index in [0.29, 0.717) is 5.69 Å². The Morgan fingerprint density at radius 1 is 1.42 bits per heavy atom. The molecule has 1 aromatic heterocycles. The number of hydrogen-bond acceptors (Lipinski definition) is 3. The smallest absolute Gasteiger partial charge is 0.171 e. The quantitative estimate of drug-likeness (QED) is 0.679. The largest absolute Gasteiger partial charge is 0.398 e. The maximum atomic E-state index is 13.1. The number of nitrogen functional groups attached to an aromatic ring is 1. The Hall–Kier alpha value is -2.17. The lowest BCUT2D eigenvalue weighted by molar-refractivity contribution is 0.0992. The highest BCUT2D eigenvalue weighted by Crippen LogP contribution is 2.16. The molecule has 0 spiro atoms. The van der Waals surface area contributed by atoms with Gasteiger partial charge in [0.2, 0.25) is 0 Å². The molecule has 0 atom stereocenters. The Balaban J connectivity index is 2.18. The number of carbonyl (C=O) groups is 1. The van der Waals surface area contributed by atoms with Crippen LogP contribution < -0.4 is 5.73 Å². The van der Waals surface area contributed by atoms with E-state index in [4.69, 9.17) is 5.73 Å². The molecule has 4 nitrogen and oxygen atoms in total. The molecule has 0 bridgehead atoms. The minimum Gasteiger partial charge on any atom is -0.398 e. The fourth-order valence-corrected chi connectivity index (χ4v) is 1.79. The summed E-state index contributed by atoms with van der Waals surface area (Å²) in [5.41, 5.74) is 6.83. The molecule has 2 rings (SSSR count). The number of aromatic nitrogens is 2. The molecule has 100 valence electrons. The van der Waals surface area contributed by atoms with Gasteiger partial charge in [-0.2, -0.15) is 5.10 Å². The van der Waals surface area contributed by atoms with Gasteiger partial charge in [0.05, 0.1) is 12.1 Å². The number of hydrogen-bond donors (Lipinski definition) is 1. The Morgan fingerprint density at radius 2 is 2.16 bits per heavy atom. The summed E-state index contributed by atoms with van der Waals surface area (Å²) in [5.74, 6) is -0.698. The van der Waals surface area contributed by atoms with Crippen molar-refractivity contribution in [3.63, 3.8) is 0 Å². The standard InChI is InChI=1S/C14H16FN3O/c1-9(2)18-6-5-11(17-18)8-14(19)12-7-10(15)3-4-13(12)16/h3-7,9H,8,16H2,1-2H3. The zero-order valence-corrected chi connectivity index (χ0v) is 10.9. The van der Waals surface area contributed by atoms with E-state index in [2.05, 4.69) is 5.10 Å². The minimum absolute atomic E-state index is 0.118. The number of rotatable bonds is 4. The van der Waals surface area contributed by atoms with Crippen molar-refractivity contribution in [3.05, 3.63) is 47.5 Å². The fraction of sp³-hybridized carbons (Fsp3) is 0.286. The lowest BCUT2D eigenvalue weighted by Crippen LogP contribution is -2.09. The summed E-state index contributed by atoms with van der Waals surface area (Å²) in [7, 11) is 0. The number of nitrogens with two attached hydrogens (primary N) is 1. The molecule has 0 saturated heterocycles. The monoisotopic (exact) mass is 261 g/mol. The summed E-state index contributed by atoms with van der Waals surface area (Å²) in [5, 5.41) is 4.29. The van der Waals surface area contributed by atoms with Gasteiger partial charge in [-0.3, -0.25) is 9.48 Å². The topological polar surface area (TPSA) is 60.9 Å². The molecule has 19 heavy (non-hydrogen) atoms. The Kier molecular flexibility index (Phi) is 3.64. The Morgan fingerprint density at radius 3 is 2.79 bits per heavy atom. The minimum atomic E-state index is -0.467. The van der Waals surface area contributed by atoms with Gasteiger partial charge >= 0.3 is 0 Å². The van der Waals surface area contributed by atoms with Crippen LogP contribution in [0.3, 0.4) is 0 Å². The van der Waals surface area contributed by atoms with Crippen LogP contribution in [0.2, 0.25) is 0 Å². The molecule has 0 aliphatic carbocycles. The van der Waals surface area contributed by atoms with Crippen molar-refractivity contribution in [2.45, 2.75) is 26.3 Å². The lowest BCUT2D eigenvalue weighted by Gasteiger charge is -2.05. The third-order valence-corrected chi connectivity index (χ3v) is 2.85. The average Bonchev–Trinajstić information content (AvgIpc) is 2.80. The van der Waals surface area contributed by atoms with Crippen LogP contribution in [0.15, 0.2) is 30.5 Å². The molecule has 1 aromatic carbocycles. The summed E-state index contributed by atoms with van der Waals surface area (Å²) in [4.78, 5) is 12.1. The van der Waals surface area contributed by atoms with Gasteiger partial charge in [-0.05, 0) is 38.1 Å². The first kappa shape index (κ1) is 13.3. The second-order valence-corrected chi connectivity index (χ2v) is 4.71. The molecular formula is C14H16FN3O. The van der Waals surface area contributed by atoms with Gasteiger partial charge in [0.25, 0.3) is 0 Å². The summed E-state index contributed by atoms with van der Waals surface area (Å²) < 4.78 is 14.9. The molecule has 0 saturated carbocycles. The van der Waals surface area contributed by atoms with Gasteiger partial charge in [-0.15, -0.1) is 0 Å². The normalized spacial score (nSPS) is 10.9. The molecule has 5 heteroatoms. The number of carbonyl (C=O) groups excluding carboxylic acids is 1. The number of benzene rings is 1. The molecule has 2 N–H and O–H groups in total. The van der Waals surface area contributed by atoms with E-state index >= 15 is 0 Å². The third-order valence-electron chi connectivity index (χ3n) is 2.85. The van der Waals surface area contributed by atoms with Crippen LogP contribution in [-0.4, -0.2) is 15.6 Å². The van der Waals surface area contributed by atoms with Crippen molar-refractivity contribution in [2.75, 3.05) is 5.73 Å². The molecule has 0 amide bonds. The van der Waals surface area contributed by atoms with E-state index in [-0.39, 0.29) is 29.5 Å². The van der Waals surface area contributed by atoms with Crippen LogP contribution >= 0.6 is 0 Å². The van der Waals surface area contributed by atoms with Crippen molar-refractivity contribution in [3.8, 4) is 0 Å². The van der Waals surface area contributed by atoms with Gasteiger partial charge in [-0.25, -0.2) is 4.39 Å². The first-order valence-corrected chi connectivity index (χ1v) is 6.09. The molecular weight excluding hydrogens is 245 g/mol. The van der Waals surface area contributed by atoms with Crippen LogP contribution in [0.25, 0.3) is 0 Å².